The molecule has 1 aromatic carbocycles. The summed E-state index contributed by atoms with van der Waals surface area (Å²) in [6.45, 7) is 7.58. The fourth-order valence-electron chi connectivity index (χ4n) is 3.18. The van der Waals surface area contributed by atoms with Gasteiger partial charge in [0.2, 0.25) is 0 Å². The van der Waals surface area contributed by atoms with E-state index in [0.717, 1.165) is 41.8 Å². The highest BCUT2D eigenvalue weighted by molar-refractivity contribution is 5.79. The Balaban J connectivity index is 1.54. The van der Waals surface area contributed by atoms with Crippen LogP contribution in [0.4, 0.5) is 10.5 Å². The number of hydrogen-bond acceptors (Lipinski definition) is 4. The number of benzene rings is 1. The SMILES string of the molecule is Cc1nc2ccc(NC3CCC(NC(=O)OC(C)(C)C)C3)cc2[nH]1. The van der Waals surface area contributed by atoms with Gasteiger partial charge in [-0.25, -0.2) is 9.78 Å². The fraction of sp³-hybridized carbons (Fsp3) is 0.556. The van der Waals surface area contributed by atoms with Gasteiger partial charge in [0.15, 0.2) is 0 Å². The number of aromatic nitrogens is 2. The fourth-order valence-corrected chi connectivity index (χ4v) is 3.18. The van der Waals surface area contributed by atoms with Gasteiger partial charge in [-0.2, -0.15) is 0 Å². The topological polar surface area (TPSA) is 79.0 Å². The predicted octanol–water partition coefficient (Wildman–Crippen LogP) is 3.73. The lowest BCUT2D eigenvalue weighted by Crippen LogP contribution is -2.38. The van der Waals surface area contributed by atoms with Crippen LogP contribution in [0.25, 0.3) is 11.0 Å². The number of fused-ring (bicyclic) bond motifs is 1. The van der Waals surface area contributed by atoms with Gasteiger partial charge in [-0.3, -0.25) is 0 Å². The molecule has 2 atom stereocenters. The van der Waals surface area contributed by atoms with E-state index in [1.165, 1.54) is 0 Å². The van der Waals surface area contributed by atoms with Crippen molar-refractivity contribution in [2.24, 2.45) is 0 Å². The summed E-state index contributed by atoms with van der Waals surface area (Å²) in [6.07, 6.45) is 2.56. The lowest BCUT2D eigenvalue weighted by atomic mass is 10.2. The number of aromatic amines is 1. The molecule has 0 spiro atoms. The first-order chi connectivity index (χ1) is 11.3. The second-order valence-electron chi connectivity index (χ2n) is 7.55. The van der Waals surface area contributed by atoms with Crippen molar-refractivity contribution in [1.29, 1.82) is 0 Å². The monoisotopic (exact) mass is 330 g/mol. The largest absolute Gasteiger partial charge is 0.444 e. The molecule has 2 unspecified atom stereocenters. The van der Waals surface area contributed by atoms with Crippen LogP contribution < -0.4 is 10.6 Å². The van der Waals surface area contributed by atoms with Gasteiger partial charge in [-0.15, -0.1) is 0 Å². The van der Waals surface area contributed by atoms with Gasteiger partial charge in [0.05, 0.1) is 11.0 Å². The summed E-state index contributed by atoms with van der Waals surface area (Å²) in [4.78, 5) is 19.5. The first kappa shape index (κ1) is 16.6. The molecule has 130 valence electrons. The van der Waals surface area contributed by atoms with E-state index in [9.17, 15) is 4.79 Å². The molecule has 0 radical (unpaired) electrons. The Labute approximate surface area is 142 Å². The Morgan fingerprint density at radius 3 is 2.79 bits per heavy atom. The molecule has 6 heteroatoms. The first-order valence-electron chi connectivity index (χ1n) is 8.51. The van der Waals surface area contributed by atoms with E-state index in [1.807, 2.05) is 33.8 Å². The third-order valence-corrected chi connectivity index (χ3v) is 4.12. The normalized spacial score (nSPS) is 21.0. The summed E-state index contributed by atoms with van der Waals surface area (Å²) in [7, 11) is 0. The molecule has 1 aliphatic carbocycles. The second kappa shape index (κ2) is 6.34. The average molecular weight is 330 g/mol. The number of anilines is 1. The van der Waals surface area contributed by atoms with E-state index < -0.39 is 5.60 Å². The number of alkyl carbamates (subject to hydrolysis) is 1. The van der Waals surface area contributed by atoms with Crippen molar-refractivity contribution in [1.82, 2.24) is 15.3 Å². The average Bonchev–Trinajstić information content (AvgIpc) is 3.01. The highest BCUT2D eigenvalue weighted by Gasteiger charge is 2.27. The van der Waals surface area contributed by atoms with Gasteiger partial charge in [0.25, 0.3) is 0 Å². The molecule has 0 saturated heterocycles. The Hall–Kier alpha value is -2.24. The van der Waals surface area contributed by atoms with Gasteiger partial charge >= 0.3 is 6.09 Å². The Bertz CT molecular complexity index is 732. The van der Waals surface area contributed by atoms with E-state index in [2.05, 4.69) is 32.7 Å². The summed E-state index contributed by atoms with van der Waals surface area (Å²) < 4.78 is 5.32. The van der Waals surface area contributed by atoms with Crippen molar-refractivity contribution in [3.63, 3.8) is 0 Å². The van der Waals surface area contributed by atoms with Crippen LogP contribution in [0.3, 0.4) is 0 Å². The zero-order chi connectivity index (χ0) is 17.3. The molecule has 1 aliphatic rings. The van der Waals surface area contributed by atoms with Gasteiger partial charge < -0.3 is 20.4 Å². The number of amides is 1. The van der Waals surface area contributed by atoms with Crippen LogP contribution in [0.2, 0.25) is 0 Å². The molecule has 0 bridgehead atoms. The summed E-state index contributed by atoms with van der Waals surface area (Å²) >= 11 is 0. The molecule has 1 amide bonds. The quantitative estimate of drug-likeness (QED) is 0.801. The van der Waals surface area contributed by atoms with E-state index >= 15 is 0 Å². The number of nitrogens with one attached hydrogen (secondary N) is 3. The van der Waals surface area contributed by atoms with Crippen molar-refractivity contribution in [2.75, 3.05) is 5.32 Å². The van der Waals surface area contributed by atoms with E-state index in [0.29, 0.717) is 6.04 Å². The minimum Gasteiger partial charge on any atom is -0.444 e. The van der Waals surface area contributed by atoms with Crippen LogP contribution in [-0.4, -0.2) is 33.7 Å². The molecule has 6 nitrogen and oxygen atoms in total. The summed E-state index contributed by atoms with van der Waals surface area (Å²) in [6, 6.07) is 6.68. The van der Waals surface area contributed by atoms with Crippen molar-refractivity contribution in [3.8, 4) is 0 Å². The number of nitrogens with zero attached hydrogens (tertiary/aromatic N) is 1. The zero-order valence-electron chi connectivity index (χ0n) is 14.8. The first-order valence-corrected chi connectivity index (χ1v) is 8.51. The predicted molar refractivity (Wildman–Crippen MR) is 95.3 cm³/mol. The number of hydrogen-bond donors (Lipinski definition) is 3. The number of carbonyl (C=O) groups excluding carboxylic acids is 1. The number of ether oxygens (including phenoxy) is 1. The van der Waals surface area contributed by atoms with Crippen molar-refractivity contribution < 1.29 is 9.53 Å². The maximum atomic E-state index is 11.9. The smallest absolute Gasteiger partial charge is 0.407 e. The van der Waals surface area contributed by atoms with Crippen molar-refractivity contribution >= 4 is 22.8 Å². The van der Waals surface area contributed by atoms with Gasteiger partial charge in [0.1, 0.15) is 11.4 Å². The molecule has 1 heterocycles. The lowest BCUT2D eigenvalue weighted by Gasteiger charge is -2.22. The Kier molecular flexibility index (Phi) is 4.39. The van der Waals surface area contributed by atoms with Crippen LogP contribution >= 0.6 is 0 Å². The lowest BCUT2D eigenvalue weighted by molar-refractivity contribution is 0.0505. The number of aryl methyl sites for hydroxylation is 1. The molecule has 1 saturated carbocycles. The van der Waals surface area contributed by atoms with E-state index in [1.54, 1.807) is 0 Å². The molecular weight excluding hydrogens is 304 g/mol. The van der Waals surface area contributed by atoms with Crippen LogP contribution in [0.5, 0.6) is 0 Å². The number of rotatable bonds is 3. The standard InChI is InChI=1S/C18H26N4O2/c1-11-19-15-8-7-14(10-16(15)20-11)21-12-5-6-13(9-12)22-17(23)24-18(2,3)4/h7-8,10,12-13,21H,5-6,9H2,1-4H3,(H,19,20)(H,22,23). The van der Waals surface area contributed by atoms with Crippen LogP contribution in [0.15, 0.2) is 18.2 Å². The molecule has 0 aliphatic heterocycles. The second-order valence-corrected chi connectivity index (χ2v) is 7.55. The van der Waals surface area contributed by atoms with Crippen molar-refractivity contribution in [3.05, 3.63) is 24.0 Å². The minimum absolute atomic E-state index is 0.162. The molecule has 1 aromatic heterocycles. The van der Waals surface area contributed by atoms with Gasteiger partial charge in [-0.05, 0) is 65.2 Å². The maximum absolute atomic E-state index is 11.9. The van der Waals surface area contributed by atoms with Crippen LogP contribution in [-0.2, 0) is 4.74 Å². The summed E-state index contributed by atoms with van der Waals surface area (Å²) in [5, 5.41) is 6.52. The number of carbonyl (C=O) groups is 1. The summed E-state index contributed by atoms with van der Waals surface area (Å²) in [5.74, 6) is 0.921. The molecule has 1 fully saturated rings. The molecule has 3 N–H and O–H groups in total. The highest BCUT2D eigenvalue weighted by atomic mass is 16.6. The third kappa shape index (κ3) is 4.19. The van der Waals surface area contributed by atoms with Crippen LogP contribution in [0.1, 0.15) is 45.9 Å². The molecule has 3 rings (SSSR count). The van der Waals surface area contributed by atoms with E-state index in [4.69, 9.17) is 4.74 Å². The number of H-pyrrole nitrogens is 1. The van der Waals surface area contributed by atoms with Gasteiger partial charge in [-0.1, -0.05) is 0 Å². The van der Waals surface area contributed by atoms with Crippen molar-refractivity contribution in [2.45, 2.75) is 64.6 Å². The highest BCUT2D eigenvalue weighted by Crippen LogP contribution is 2.25. The zero-order valence-corrected chi connectivity index (χ0v) is 14.8. The number of imidazole rings is 1. The minimum atomic E-state index is -0.460. The Morgan fingerprint density at radius 2 is 2.04 bits per heavy atom. The van der Waals surface area contributed by atoms with Crippen LogP contribution in [0, 0.1) is 6.92 Å². The summed E-state index contributed by atoms with van der Waals surface area (Å²) in [5.41, 5.74) is 2.64. The maximum Gasteiger partial charge on any atom is 0.407 e. The molecular formula is C18H26N4O2. The van der Waals surface area contributed by atoms with Gasteiger partial charge in [0, 0.05) is 17.8 Å². The third-order valence-electron chi connectivity index (χ3n) is 4.12. The van der Waals surface area contributed by atoms with E-state index in [-0.39, 0.29) is 12.1 Å². The molecule has 2 aromatic rings. The molecule has 24 heavy (non-hydrogen) atoms. The Morgan fingerprint density at radius 1 is 1.29 bits per heavy atom.